The molecule has 7 nitrogen and oxygen atoms in total. The summed E-state index contributed by atoms with van der Waals surface area (Å²) in [5.41, 5.74) is 11.2. The number of amides is 1. The van der Waals surface area contributed by atoms with Gasteiger partial charge in [0, 0.05) is 12.1 Å². The van der Waals surface area contributed by atoms with E-state index >= 15 is 0 Å². The molecule has 0 aliphatic heterocycles. The van der Waals surface area contributed by atoms with Crippen molar-refractivity contribution in [3.8, 4) is 0 Å². The van der Waals surface area contributed by atoms with Gasteiger partial charge in [0.2, 0.25) is 0 Å². The molecule has 0 bridgehead atoms. The standard InChI is InChI=1S/C13H18N4O3/c14-7-8-3-1-5-10(8)16-13(18)9-4-2-6-11(12(9)15)17(19)20/h2,4,6,8,10H,1,3,5,7,14-15H2,(H,16,18). The maximum Gasteiger partial charge on any atom is 0.292 e. The third kappa shape index (κ3) is 2.72. The third-order valence-corrected chi connectivity index (χ3v) is 3.80. The fourth-order valence-electron chi connectivity index (χ4n) is 2.67. The molecule has 108 valence electrons. The minimum Gasteiger partial charge on any atom is -0.393 e. The van der Waals surface area contributed by atoms with Gasteiger partial charge in [-0.15, -0.1) is 0 Å². The number of carbonyl (C=O) groups is 1. The quantitative estimate of drug-likeness (QED) is 0.431. The predicted molar refractivity (Wildman–Crippen MR) is 75.2 cm³/mol. The summed E-state index contributed by atoms with van der Waals surface area (Å²) in [6.07, 6.45) is 2.89. The number of benzene rings is 1. The lowest BCUT2D eigenvalue weighted by Gasteiger charge is -2.19. The molecule has 1 amide bonds. The van der Waals surface area contributed by atoms with E-state index in [9.17, 15) is 14.9 Å². The van der Waals surface area contributed by atoms with Gasteiger partial charge in [-0.1, -0.05) is 12.5 Å². The number of nitrogens with zero attached hydrogens (tertiary/aromatic N) is 1. The molecule has 0 saturated heterocycles. The fraction of sp³-hybridized carbons (Fsp3) is 0.462. The Bertz CT molecular complexity index is 532. The number of nitro groups is 1. The molecule has 1 aliphatic rings. The smallest absolute Gasteiger partial charge is 0.292 e. The van der Waals surface area contributed by atoms with Crippen LogP contribution in [0.25, 0.3) is 0 Å². The zero-order valence-electron chi connectivity index (χ0n) is 11.0. The van der Waals surface area contributed by atoms with Crippen LogP contribution in [0.1, 0.15) is 29.6 Å². The molecule has 1 aliphatic carbocycles. The van der Waals surface area contributed by atoms with E-state index in [0.29, 0.717) is 6.54 Å². The number of anilines is 1. The molecular formula is C13H18N4O3. The molecule has 2 unspecified atom stereocenters. The monoisotopic (exact) mass is 278 g/mol. The van der Waals surface area contributed by atoms with Crippen molar-refractivity contribution < 1.29 is 9.72 Å². The van der Waals surface area contributed by atoms with Crippen molar-refractivity contribution in [3.05, 3.63) is 33.9 Å². The highest BCUT2D eigenvalue weighted by atomic mass is 16.6. The summed E-state index contributed by atoms with van der Waals surface area (Å²) < 4.78 is 0. The van der Waals surface area contributed by atoms with Crippen LogP contribution in [-0.4, -0.2) is 23.4 Å². The van der Waals surface area contributed by atoms with Crippen molar-refractivity contribution in [2.45, 2.75) is 25.3 Å². The molecule has 2 rings (SSSR count). The third-order valence-electron chi connectivity index (χ3n) is 3.80. The molecule has 20 heavy (non-hydrogen) atoms. The van der Waals surface area contributed by atoms with Crippen LogP contribution in [-0.2, 0) is 0 Å². The van der Waals surface area contributed by atoms with E-state index in [0.717, 1.165) is 19.3 Å². The first kappa shape index (κ1) is 14.3. The van der Waals surface area contributed by atoms with Gasteiger partial charge >= 0.3 is 0 Å². The van der Waals surface area contributed by atoms with Gasteiger partial charge in [0.15, 0.2) is 0 Å². The van der Waals surface area contributed by atoms with Crippen LogP contribution in [0, 0.1) is 16.0 Å². The minimum atomic E-state index is -0.593. The summed E-state index contributed by atoms with van der Waals surface area (Å²) in [7, 11) is 0. The van der Waals surface area contributed by atoms with Crippen LogP contribution < -0.4 is 16.8 Å². The number of nitro benzene ring substituents is 1. The van der Waals surface area contributed by atoms with Gasteiger partial charge in [0.05, 0.1) is 10.5 Å². The Morgan fingerprint density at radius 1 is 1.45 bits per heavy atom. The van der Waals surface area contributed by atoms with Gasteiger partial charge in [0.1, 0.15) is 5.69 Å². The lowest BCUT2D eigenvalue weighted by atomic mass is 10.0. The summed E-state index contributed by atoms with van der Waals surface area (Å²) in [6, 6.07) is 4.25. The predicted octanol–water partition coefficient (Wildman–Crippen LogP) is 1.03. The second kappa shape index (κ2) is 5.87. The number of hydrogen-bond acceptors (Lipinski definition) is 5. The molecule has 1 saturated carbocycles. The highest BCUT2D eigenvalue weighted by molar-refractivity contribution is 6.01. The Morgan fingerprint density at radius 2 is 2.20 bits per heavy atom. The van der Waals surface area contributed by atoms with E-state index in [-0.39, 0.29) is 34.8 Å². The van der Waals surface area contributed by atoms with Crippen molar-refractivity contribution in [1.29, 1.82) is 0 Å². The molecule has 0 aromatic heterocycles. The fourth-order valence-corrected chi connectivity index (χ4v) is 2.67. The van der Waals surface area contributed by atoms with Crippen molar-refractivity contribution in [2.75, 3.05) is 12.3 Å². The summed E-state index contributed by atoms with van der Waals surface area (Å²) in [4.78, 5) is 22.4. The molecule has 0 heterocycles. The van der Waals surface area contributed by atoms with Crippen LogP contribution in [0.5, 0.6) is 0 Å². The van der Waals surface area contributed by atoms with Crippen molar-refractivity contribution in [2.24, 2.45) is 11.7 Å². The Labute approximate surface area is 116 Å². The number of carbonyl (C=O) groups excluding carboxylic acids is 1. The number of nitrogen functional groups attached to an aromatic ring is 1. The van der Waals surface area contributed by atoms with Crippen molar-refractivity contribution >= 4 is 17.3 Å². The van der Waals surface area contributed by atoms with E-state index in [1.165, 1.54) is 18.2 Å². The Balaban J connectivity index is 2.17. The molecule has 1 fully saturated rings. The van der Waals surface area contributed by atoms with Gasteiger partial charge in [0.25, 0.3) is 11.6 Å². The summed E-state index contributed by atoms with van der Waals surface area (Å²) in [6.45, 7) is 0.523. The molecule has 5 N–H and O–H groups in total. The van der Waals surface area contributed by atoms with Gasteiger partial charge < -0.3 is 16.8 Å². The zero-order valence-corrected chi connectivity index (χ0v) is 11.0. The summed E-state index contributed by atoms with van der Waals surface area (Å²) in [5, 5.41) is 13.7. The average molecular weight is 278 g/mol. The van der Waals surface area contributed by atoms with E-state index in [4.69, 9.17) is 11.5 Å². The first-order valence-corrected chi connectivity index (χ1v) is 6.58. The van der Waals surface area contributed by atoms with Crippen LogP contribution >= 0.6 is 0 Å². The minimum absolute atomic E-state index is 0.0196. The molecule has 0 radical (unpaired) electrons. The summed E-state index contributed by atoms with van der Waals surface area (Å²) in [5.74, 6) is -0.115. The van der Waals surface area contributed by atoms with E-state index in [2.05, 4.69) is 5.32 Å². The molecule has 1 aromatic carbocycles. The molecule has 0 spiro atoms. The molecular weight excluding hydrogens is 260 g/mol. The highest BCUT2D eigenvalue weighted by Gasteiger charge is 2.28. The van der Waals surface area contributed by atoms with Crippen LogP contribution in [0.15, 0.2) is 18.2 Å². The van der Waals surface area contributed by atoms with Crippen LogP contribution in [0.3, 0.4) is 0 Å². The number of nitrogens with one attached hydrogen (secondary N) is 1. The SMILES string of the molecule is NCC1CCCC1NC(=O)c1cccc([N+](=O)[O-])c1N. The molecule has 7 heteroatoms. The van der Waals surface area contributed by atoms with Crippen molar-refractivity contribution in [3.63, 3.8) is 0 Å². The largest absolute Gasteiger partial charge is 0.393 e. The van der Waals surface area contributed by atoms with E-state index < -0.39 is 4.92 Å². The number of hydrogen-bond donors (Lipinski definition) is 3. The Kier molecular flexibility index (Phi) is 4.19. The van der Waals surface area contributed by atoms with Gasteiger partial charge in [-0.3, -0.25) is 14.9 Å². The maximum absolute atomic E-state index is 12.2. The molecule has 2 atom stereocenters. The second-order valence-corrected chi connectivity index (χ2v) is 5.00. The Hall–Kier alpha value is -2.15. The number of para-hydroxylation sites is 1. The first-order valence-electron chi connectivity index (χ1n) is 6.58. The van der Waals surface area contributed by atoms with Crippen molar-refractivity contribution in [1.82, 2.24) is 5.32 Å². The van der Waals surface area contributed by atoms with Crippen LogP contribution in [0.2, 0.25) is 0 Å². The van der Waals surface area contributed by atoms with Gasteiger partial charge in [-0.25, -0.2) is 0 Å². The molecule has 1 aromatic rings. The van der Waals surface area contributed by atoms with Crippen LogP contribution in [0.4, 0.5) is 11.4 Å². The highest BCUT2D eigenvalue weighted by Crippen LogP contribution is 2.27. The Morgan fingerprint density at radius 3 is 2.85 bits per heavy atom. The zero-order chi connectivity index (χ0) is 14.7. The van der Waals surface area contributed by atoms with Gasteiger partial charge in [-0.2, -0.15) is 0 Å². The topological polar surface area (TPSA) is 124 Å². The number of nitrogens with two attached hydrogens (primary N) is 2. The average Bonchev–Trinajstić information content (AvgIpc) is 2.85. The second-order valence-electron chi connectivity index (χ2n) is 5.00. The van der Waals surface area contributed by atoms with Gasteiger partial charge in [-0.05, 0) is 31.4 Å². The first-order chi connectivity index (χ1) is 9.54. The normalized spacial score (nSPS) is 21.6. The lowest BCUT2D eigenvalue weighted by Crippen LogP contribution is -2.40. The maximum atomic E-state index is 12.2. The van der Waals surface area contributed by atoms with E-state index in [1.54, 1.807) is 0 Å². The lowest BCUT2D eigenvalue weighted by molar-refractivity contribution is -0.383. The summed E-state index contributed by atoms with van der Waals surface area (Å²) >= 11 is 0. The van der Waals surface area contributed by atoms with E-state index in [1.807, 2.05) is 0 Å². The number of rotatable bonds is 4.